The fourth-order valence-corrected chi connectivity index (χ4v) is 1.42. The van der Waals surface area contributed by atoms with Crippen LogP contribution in [-0.2, 0) is 5.41 Å². The molecule has 2 nitrogen and oxygen atoms in total. The topological polar surface area (TPSA) is 44.0 Å². The van der Waals surface area contributed by atoms with Gasteiger partial charge in [-0.15, -0.1) is 0 Å². The predicted octanol–water partition coefficient (Wildman–Crippen LogP) is 2.89. The molecule has 1 unspecified atom stereocenters. The third-order valence-electron chi connectivity index (χ3n) is 2.70. The number of nitriles is 1. The van der Waals surface area contributed by atoms with Crippen molar-refractivity contribution in [2.24, 2.45) is 0 Å². The lowest BCUT2D eigenvalue weighted by Gasteiger charge is -2.21. The lowest BCUT2D eigenvalue weighted by atomic mass is 9.80. The molecule has 0 heterocycles. The summed E-state index contributed by atoms with van der Waals surface area (Å²) in [6.45, 7) is 5.75. The van der Waals surface area contributed by atoms with Gasteiger partial charge in [0.15, 0.2) is 0 Å². The highest BCUT2D eigenvalue weighted by atomic mass is 16.3. The van der Waals surface area contributed by atoms with Crippen LogP contribution in [0.25, 0.3) is 0 Å². The van der Waals surface area contributed by atoms with Gasteiger partial charge in [0.1, 0.15) is 5.75 Å². The smallest absolute Gasteiger partial charge is 0.120 e. The molecule has 0 aromatic heterocycles. The molecule has 1 aromatic rings. The third-order valence-corrected chi connectivity index (χ3v) is 2.70. The van der Waals surface area contributed by atoms with Gasteiger partial charge < -0.3 is 5.11 Å². The molecular formula is C12H15NO. The highest BCUT2D eigenvalue weighted by Gasteiger charge is 2.27. The second-order valence-corrected chi connectivity index (χ2v) is 3.82. The minimum atomic E-state index is -0.587. The first-order chi connectivity index (χ1) is 6.53. The minimum Gasteiger partial charge on any atom is -0.508 e. The van der Waals surface area contributed by atoms with Crippen molar-refractivity contribution in [3.05, 3.63) is 29.3 Å². The molecular weight excluding hydrogens is 174 g/mol. The van der Waals surface area contributed by atoms with E-state index in [0.29, 0.717) is 6.42 Å². The molecule has 1 aromatic carbocycles. The Morgan fingerprint density at radius 2 is 2.14 bits per heavy atom. The highest BCUT2D eigenvalue weighted by molar-refractivity contribution is 5.44. The van der Waals surface area contributed by atoms with Crippen LogP contribution >= 0.6 is 0 Å². The summed E-state index contributed by atoms with van der Waals surface area (Å²) in [7, 11) is 0. The molecule has 14 heavy (non-hydrogen) atoms. The van der Waals surface area contributed by atoms with Crippen LogP contribution < -0.4 is 0 Å². The predicted molar refractivity (Wildman–Crippen MR) is 56.1 cm³/mol. The van der Waals surface area contributed by atoms with E-state index < -0.39 is 5.41 Å². The van der Waals surface area contributed by atoms with Crippen LogP contribution in [0, 0.1) is 18.3 Å². The zero-order valence-corrected chi connectivity index (χ0v) is 8.83. The summed E-state index contributed by atoms with van der Waals surface area (Å²) in [5.74, 6) is 0.210. The van der Waals surface area contributed by atoms with Gasteiger partial charge in [-0.05, 0) is 26.3 Å². The fraction of sp³-hybridized carbons (Fsp3) is 0.417. The van der Waals surface area contributed by atoms with Gasteiger partial charge in [-0.25, -0.2) is 0 Å². The number of phenols is 1. The van der Waals surface area contributed by atoms with E-state index in [2.05, 4.69) is 6.07 Å². The Balaban J connectivity index is 3.31. The number of aromatic hydroxyl groups is 1. The summed E-state index contributed by atoms with van der Waals surface area (Å²) in [4.78, 5) is 0. The fourth-order valence-electron chi connectivity index (χ4n) is 1.42. The van der Waals surface area contributed by atoms with Crippen LogP contribution in [-0.4, -0.2) is 5.11 Å². The number of rotatable bonds is 2. The molecule has 2 heteroatoms. The number of phenolic OH excluding ortho intramolecular Hbond substituents is 1. The lowest BCUT2D eigenvalue weighted by molar-refractivity contribution is 0.448. The maximum atomic E-state index is 9.68. The maximum absolute atomic E-state index is 9.68. The van der Waals surface area contributed by atoms with Gasteiger partial charge >= 0.3 is 0 Å². The summed E-state index contributed by atoms with van der Waals surface area (Å²) in [6.07, 6.45) is 0.695. The summed E-state index contributed by atoms with van der Waals surface area (Å²) < 4.78 is 0. The summed E-state index contributed by atoms with van der Waals surface area (Å²) in [5.41, 5.74) is 1.20. The summed E-state index contributed by atoms with van der Waals surface area (Å²) >= 11 is 0. The molecule has 1 rings (SSSR count). The van der Waals surface area contributed by atoms with E-state index in [9.17, 15) is 5.11 Å². The van der Waals surface area contributed by atoms with Crippen molar-refractivity contribution in [2.45, 2.75) is 32.6 Å². The Morgan fingerprint density at radius 3 is 2.64 bits per heavy atom. The number of benzene rings is 1. The number of hydrogen-bond acceptors (Lipinski definition) is 2. The van der Waals surface area contributed by atoms with Gasteiger partial charge in [0.05, 0.1) is 11.5 Å². The summed E-state index contributed by atoms with van der Waals surface area (Å²) in [6, 6.07) is 7.62. The van der Waals surface area contributed by atoms with Crippen molar-refractivity contribution >= 4 is 0 Å². The SMILES string of the molecule is CCC(C)(C#N)c1cc(C)ccc1O. The normalized spacial score (nSPS) is 14.4. The molecule has 1 atom stereocenters. The summed E-state index contributed by atoms with van der Waals surface area (Å²) in [5, 5.41) is 18.8. The Hall–Kier alpha value is -1.49. The van der Waals surface area contributed by atoms with Gasteiger partial charge in [-0.3, -0.25) is 0 Å². The van der Waals surface area contributed by atoms with Crippen LogP contribution in [0.3, 0.4) is 0 Å². The van der Waals surface area contributed by atoms with Crippen molar-refractivity contribution in [3.8, 4) is 11.8 Å². The largest absolute Gasteiger partial charge is 0.508 e. The van der Waals surface area contributed by atoms with E-state index in [1.165, 1.54) is 0 Å². The van der Waals surface area contributed by atoms with Crippen molar-refractivity contribution in [3.63, 3.8) is 0 Å². The molecule has 0 amide bonds. The molecule has 0 bridgehead atoms. The van der Waals surface area contributed by atoms with Crippen molar-refractivity contribution in [1.29, 1.82) is 5.26 Å². The second-order valence-electron chi connectivity index (χ2n) is 3.82. The van der Waals surface area contributed by atoms with Gasteiger partial charge in [-0.1, -0.05) is 24.6 Å². The van der Waals surface area contributed by atoms with Crippen LogP contribution in [0.2, 0.25) is 0 Å². The Bertz CT molecular complexity index is 378. The average Bonchev–Trinajstić information content (AvgIpc) is 2.20. The van der Waals surface area contributed by atoms with Crippen LogP contribution in [0.1, 0.15) is 31.4 Å². The van der Waals surface area contributed by atoms with Crippen LogP contribution in [0.4, 0.5) is 0 Å². The molecule has 0 aliphatic rings. The van der Waals surface area contributed by atoms with Gasteiger partial charge in [0.2, 0.25) is 0 Å². The van der Waals surface area contributed by atoms with E-state index in [-0.39, 0.29) is 5.75 Å². The molecule has 0 aliphatic heterocycles. The van der Waals surface area contributed by atoms with Gasteiger partial charge in [0.25, 0.3) is 0 Å². The molecule has 0 radical (unpaired) electrons. The van der Waals surface area contributed by atoms with E-state index in [1.807, 2.05) is 32.9 Å². The van der Waals surface area contributed by atoms with E-state index in [1.54, 1.807) is 6.07 Å². The van der Waals surface area contributed by atoms with Gasteiger partial charge in [-0.2, -0.15) is 5.26 Å². The number of nitrogens with zero attached hydrogens (tertiary/aromatic N) is 1. The van der Waals surface area contributed by atoms with E-state index in [0.717, 1.165) is 11.1 Å². The molecule has 0 saturated carbocycles. The van der Waals surface area contributed by atoms with Crippen LogP contribution in [0.15, 0.2) is 18.2 Å². The second kappa shape index (κ2) is 3.71. The molecule has 0 spiro atoms. The molecule has 0 fully saturated rings. The Morgan fingerprint density at radius 1 is 1.50 bits per heavy atom. The first kappa shape index (κ1) is 10.6. The van der Waals surface area contributed by atoms with Crippen molar-refractivity contribution in [1.82, 2.24) is 0 Å². The van der Waals surface area contributed by atoms with Crippen molar-refractivity contribution < 1.29 is 5.11 Å². The monoisotopic (exact) mass is 189 g/mol. The van der Waals surface area contributed by atoms with Crippen molar-refractivity contribution in [2.75, 3.05) is 0 Å². The average molecular weight is 189 g/mol. The van der Waals surface area contributed by atoms with Gasteiger partial charge in [0, 0.05) is 5.56 Å². The molecule has 0 aliphatic carbocycles. The maximum Gasteiger partial charge on any atom is 0.120 e. The lowest BCUT2D eigenvalue weighted by Crippen LogP contribution is -2.18. The first-order valence-electron chi connectivity index (χ1n) is 4.75. The number of hydrogen-bond donors (Lipinski definition) is 1. The zero-order valence-electron chi connectivity index (χ0n) is 8.83. The molecule has 0 saturated heterocycles. The highest BCUT2D eigenvalue weighted by Crippen LogP contribution is 2.33. The van der Waals surface area contributed by atoms with E-state index >= 15 is 0 Å². The first-order valence-corrected chi connectivity index (χ1v) is 4.75. The van der Waals surface area contributed by atoms with Crippen LogP contribution in [0.5, 0.6) is 5.75 Å². The Kier molecular flexibility index (Phi) is 2.81. The van der Waals surface area contributed by atoms with E-state index in [4.69, 9.17) is 5.26 Å². The minimum absolute atomic E-state index is 0.210. The molecule has 74 valence electrons. The standard InChI is InChI=1S/C12H15NO/c1-4-12(3,8-13)10-7-9(2)5-6-11(10)14/h5-7,14H,4H2,1-3H3. The molecule has 1 N–H and O–H groups in total. The third kappa shape index (κ3) is 1.72. The zero-order chi connectivity index (χ0) is 10.8. The number of aryl methyl sites for hydroxylation is 1. The Labute approximate surface area is 84.8 Å². The quantitative estimate of drug-likeness (QED) is 0.777.